The summed E-state index contributed by atoms with van der Waals surface area (Å²) in [7, 11) is 0. The van der Waals surface area contributed by atoms with E-state index in [1.165, 1.54) is 18.4 Å². The van der Waals surface area contributed by atoms with Gasteiger partial charge in [0.05, 0.1) is 11.1 Å². The molecule has 0 radical (unpaired) electrons. The molecule has 0 fully saturated rings. The lowest BCUT2D eigenvalue weighted by atomic mass is 9.90. The van der Waals surface area contributed by atoms with Crippen molar-refractivity contribution in [1.82, 2.24) is 0 Å². The van der Waals surface area contributed by atoms with Gasteiger partial charge in [-0.3, -0.25) is 0 Å². The summed E-state index contributed by atoms with van der Waals surface area (Å²) in [5.41, 5.74) is 8.70. The van der Waals surface area contributed by atoms with E-state index < -0.39 is 0 Å². The molecule has 1 aromatic rings. The summed E-state index contributed by atoms with van der Waals surface area (Å²) in [6.45, 7) is 0. The lowest BCUT2D eigenvalue weighted by Crippen LogP contribution is -2.14. The fourth-order valence-electron chi connectivity index (χ4n) is 2.07. The summed E-state index contributed by atoms with van der Waals surface area (Å²) in [5.74, 6) is 0. The van der Waals surface area contributed by atoms with Crippen molar-refractivity contribution in [2.75, 3.05) is 0 Å². The van der Waals surface area contributed by atoms with Crippen LogP contribution in [0.2, 0.25) is 5.02 Å². The molecule has 3 heteroatoms. The van der Waals surface area contributed by atoms with Gasteiger partial charge in [0.2, 0.25) is 0 Å². The zero-order chi connectivity index (χ0) is 11.5. The highest BCUT2D eigenvalue weighted by Crippen LogP contribution is 2.31. The van der Waals surface area contributed by atoms with Gasteiger partial charge in [0.15, 0.2) is 0 Å². The van der Waals surface area contributed by atoms with Crippen molar-refractivity contribution in [2.45, 2.75) is 31.7 Å². The van der Waals surface area contributed by atoms with Gasteiger partial charge in [0, 0.05) is 4.47 Å². The van der Waals surface area contributed by atoms with E-state index in [0.29, 0.717) is 0 Å². The van der Waals surface area contributed by atoms with Crippen LogP contribution in [0.5, 0.6) is 0 Å². The van der Waals surface area contributed by atoms with Crippen molar-refractivity contribution in [3.63, 3.8) is 0 Å². The summed E-state index contributed by atoms with van der Waals surface area (Å²) in [6.07, 6.45) is 7.10. The summed E-state index contributed by atoms with van der Waals surface area (Å²) >= 11 is 9.46. The summed E-state index contributed by atoms with van der Waals surface area (Å²) < 4.78 is 0.919. The zero-order valence-electron chi connectivity index (χ0n) is 9.05. The molecule has 1 atom stereocenters. The maximum absolute atomic E-state index is 6.25. The fourth-order valence-corrected chi connectivity index (χ4v) is 2.50. The van der Waals surface area contributed by atoms with Crippen LogP contribution < -0.4 is 5.73 Å². The zero-order valence-corrected chi connectivity index (χ0v) is 11.4. The van der Waals surface area contributed by atoms with Gasteiger partial charge in [-0.25, -0.2) is 0 Å². The molecule has 16 heavy (non-hydrogen) atoms. The van der Waals surface area contributed by atoms with Crippen molar-refractivity contribution < 1.29 is 0 Å². The van der Waals surface area contributed by atoms with Crippen molar-refractivity contribution in [1.29, 1.82) is 0 Å². The van der Waals surface area contributed by atoms with Gasteiger partial charge in [-0.1, -0.05) is 29.3 Å². The lowest BCUT2D eigenvalue weighted by molar-refractivity contribution is 0.648. The maximum atomic E-state index is 6.25. The van der Waals surface area contributed by atoms with Gasteiger partial charge in [-0.15, -0.1) is 0 Å². The van der Waals surface area contributed by atoms with E-state index in [1.54, 1.807) is 0 Å². The molecule has 1 aromatic carbocycles. The highest BCUT2D eigenvalue weighted by Gasteiger charge is 2.14. The Morgan fingerprint density at radius 3 is 2.75 bits per heavy atom. The second-order valence-electron chi connectivity index (χ2n) is 4.18. The second kappa shape index (κ2) is 5.35. The Bertz CT molecular complexity index is 414. The first-order chi connectivity index (χ1) is 7.68. The lowest BCUT2D eigenvalue weighted by Gasteiger charge is -2.20. The Balaban J connectivity index is 2.22. The third-order valence-electron chi connectivity index (χ3n) is 3.03. The molecule has 0 aromatic heterocycles. The van der Waals surface area contributed by atoms with E-state index in [1.807, 2.05) is 18.2 Å². The predicted octanol–water partition coefficient (Wildman–Crippen LogP) is 4.60. The first-order valence-electron chi connectivity index (χ1n) is 5.58. The van der Waals surface area contributed by atoms with Gasteiger partial charge in [-0.05, 0) is 59.3 Å². The smallest absolute Gasteiger partial charge is 0.0551 e. The standard InChI is InChI=1S/C13H15BrClN/c14-11-7-6-10(8-12(11)15)13(16)9-4-2-1-3-5-9/h4,6-8,13H,1-3,5,16H2. The van der Waals surface area contributed by atoms with E-state index >= 15 is 0 Å². The Kier molecular flexibility index (Phi) is 4.06. The highest BCUT2D eigenvalue weighted by atomic mass is 79.9. The molecule has 86 valence electrons. The predicted molar refractivity (Wildman–Crippen MR) is 72.6 cm³/mol. The van der Waals surface area contributed by atoms with Gasteiger partial charge >= 0.3 is 0 Å². The quantitative estimate of drug-likeness (QED) is 0.794. The van der Waals surface area contributed by atoms with E-state index in [0.717, 1.165) is 27.9 Å². The third-order valence-corrected chi connectivity index (χ3v) is 4.26. The van der Waals surface area contributed by atoms with Crippen molar-refractivity contribution in [2.24, 2.45) is 5.73 Å². The highest BCUT2D eigenvalue weighted by molar-refractivity contribution is 9.10. The molecule has 0 aliphatic heterocycles. The van der Waals surface area contributed by atoms with Crippen LogP contribution >= 0.6 is 27.5 Å². The average molecular weight is 301 g/mol. The molecule has 2 rings (SSSR count). The monoisotopic (exact) mass is 299 g/mol. The van der Waals surface area contributed by atoms with Crippen LogP contribution in [0, 0.1) is 0 Å². The molecule has 0 heterocycles. The molecule has 1 aliphatic carbocycles. The molecule has 0 saturated carbocycles. The number of hydrogen-bond donors (Lipinski definition) is 1. The van der Waals surface area contributed by atoms with E-state index in [4.69, 9.17) is 17.3 Å². The van der Waals surface area contributed by atoms with E-state index in [2.05, 4.69) is 22.0 Å². The summed E-state index contributed by atoms with van der Waals surface area (Å²) in [4.78, 5) is 0. The molecule has 1 unspecified atom stereocenters. The van der Waals surface area contributed by atoms with Gasteiger partial charge < -0.3 is 5.73 Å². The number of hydrogen-bond acceptors (Lipinski definition) is 1. The summed E-state index contributed by atoms with van der Waals surface area (Å²) in [6, 6.07) is 5.95. The minimum absolute atomic E-state index is 0.00546. The first kappa shape index (κ1) is 12.2. The van der Waals surface area contributed by atoms with Crippen molar-refractivity contribution in [3.05, 3.63) is 44.9 Å². The molecular weight excluding hydrogens is 286 g/mol. The van der Waals surface area contributed by atoms with Gasteiger partial charge in [0.25, 0.3) is 0 Å². The molecule has 0 spiro atoms. The normalized spacial score (nSPS) is 18.1. The molecule has 1 nitrogen and oxygen atoms in total. The maximum Gasteiger partial charge on any atom is 0.0551 e. The Morgan fingerprint density at radius 1 is 1.31 bits per heavy atom. The van der Waals surface area contributed by atoms with Gasteiger partial charge in [-0.2, -0.15) is 0 Å². The minimum Gasteiger partial charge on any atom is -0.321 e. The molecule has 0 saturated heterocycles. The van der Waals surface area contributed by atoms with Crippen LogP contribution in [-0.4, -0.2) is 0 Å². The first-order valence-corrected chi connectivity index (χ1v) is 6.75. The van der Waals surface area contributed by atoms with Crippen LogP contribution in [0.25, 0.3) is 0 Å². The number of nitrogens with two attached hydrogens (primary N) is 1. The van der Waals surface area contributed by atoms with E-state index in [-0.39, 0.29) is 6.04 Å². The Morgan fingerprint density at radius 2 is 2.12 bits per heavy atom. The topological polar surface area (TPSA) is 26.0 Å². The molecule has 1 aliphatic rings. The number of allylic oxidation sites excluding steroid dienone is 1. The van der Waals surface area contributed by atoms with Crippen LogP contribution in [0.3, 0.4) is 0 Å². The second-order valence-corrected chi connectivity index (χ2v) is 5.44. The minimum atomic E-state index is 0.00546. The largest absolute Gasteiger partial charge is 0.321 e. The third kappa shape index (κ3) is 2.68. The summed E-state index contributed by atoms with van der Waals surface area (Å²) in [5, 5.41) is 0.726. The number of benzene rings is 1. The van der Waals surface area contributed by atoms with Gasteiger partial charge in [0.1, 0.15) is 0 Å². The molecular formula is C13H15BrClN. The number of rotatable bonds is 2. The SMILES string of the molecule is NC(C1=CCCCC1)c1ccc(Br)c(Cl)c1. The average Bonchev–Trinajstić information content (AvgIpc) is 2.33. The van der Waals surface area contributed by atoms with Crippen molar-refractivity contribution >= 4 is 27.5 Å². The Labute approximate surface area is 110 Å². The fraction of sp³-hybridized carbons (Fsp3) is 0.385. The van der Waals surface area contributed by atoms with Crippen LogP contribution in [0.4, 0.5) is 0 Å². The van der Waals surface area contributed by atoms with Crippen LogP contribution in [0.15, 0.2) is 34.3 Å². The Hall–Kier alpha value is -0.310. The van der Waals surface area contributed by atoms with E-state index in [9.17, 15) is 0 Å². The van der Waals surface area contributed by atoms with Crippen LogP contribution in [0.1, 0.15) is 37.3 Å². The molecule has 0 bridgehead atoms. The molecule has 0 amide bonds. The van der Waals surface area contributed by atoms with Crippen molar-refractivity contribution in [3.8, 4) is 0 Å². The molecule has 2 N–H and O–H groups in total. The number of halogens is 2. The van der Waals surface area contributed by atoms with Crippen LogP contribution in [-0.2, 0) is 0 Å².